The van der Waals surface area contributed by atoms with Crippen LogP contribution in [0.5, 0.6) is 17.2 Å². The molecule has 0 saturated heterocycles. The molecule has 7 heteroatoms. The van der Waals surface area contributed by atoms with E-state index in [1.54, 1.807) is 0 Å². The minimum atomic E-state index is -1.32. The Hall–Kier alpha value is -2.70. The van der Waals surface area contributed by atoms with Gasteiger partial charge in [-0.3, -0.25) is 10.1 Å². The normalized spacial score (nSPS) is 10.2. The predicted octanol–water partition coefficient (Wildman–Crippen LogP) is 3.37. The molecule has 0 atom stereocenters. The molecule has 0 aliphatic rings. The lowest BCUT2D eigenvalue weighted by atomic mass is 10.2. The first-order chi connectivity index (χ1) is 8.97. The van der Waals surface area contributed by atoms with Gasteiger partial charge in [-0.05, 0) is 24.3 Å². The largest absolute Gasteiger partial charge is 0.508 e. The number of halogens is 2. The van der Waals surface area contributed by atoms with E-state index in [9.17, 15) is 18.9 Å². The summed E-state index contributed by atoms with van der Waals surface area (Å²) in [5, 5.41) is 19.8. The van der Waals surface area contributed by atoms with Gasteiger partial charge in [0.05, 0.1) is 4.92 Å². The zero-order chi connectivity index (χ0) is 14.0. The molecule has 19 heavy (non-hydrogen) atoms. The van der Waals surface area contributed by atoms with Gasteiger partial charge >= 0.3 is 5.69 Å². The van der Waals surface area contributed by atoms with Crippen LogP contribution >= 0.6 is 0 Å². The molecule has 0 spiro atoms. The third-order valence-electron chi connectivity index (χ3n) is 2.24. The smallest absolute Gasteiger partial charge is 0.347 e. The zero-order valence-corrected chi connectivity index (χ0v) is 9.34. The third-order valence-corrected chi connectivity index (χ3v) is 2.24. The number of nitro groups is 1. The number of aromatic hydroxyl groups is 1. The lowest BCUT2D eigenvalue weighted by Crippen LogP contribution is -1.98. The zero-order valence-electron chi connectivity index (χ0n) is 9.34. The summed E-state index contributed by atoms with van der Waals surface area (Å²) in [6.07, 6.45) is 0. The molecule has 0 amide bonds. The molecule has 0 heterocycles. The van der Waals surface area contributed by atoms with Gasteiger partial charge in [-0.25, -0.2) is 4.39 Å². The molecule has 2 rings (SSSR count). The average molecular weight is 267 g/mol. The van der Waals surface area contributed by atoms with Gasteiger partial charge in [-0.15, -0.1) is 0 Å². The quantitative estimate of drug-likeness (QED) is 0.683. The van der Waals surface area contributed by atoms with E-state index in [2.05, 4.69) is 0 Å². The van der Waals surface area contributed by atoms with Crippen molar-refractivity contribution in [2.75, 3.05) is 0 Å². The Labute approximate surface area is 105 Å². The highest BCUT2D eigenvalue weighted by atomic mass is 19.1. The number of ether oxygens (including phenoxy) is 1. The Balaban J connectivity index is 2.44. The van der Waals surface area contributed by atoms with Crippen LogP contribution in [0.15, 0.2) is 36.4 Å². The van der Waals surface area contributed by atoms with Gasteiger partial charge in [0.25, 0.3) is 0 Å². The monoisotopic (exact) mass is 267 g/mol. The minimum Gasteiger partial charge on any atom is -0.508 e. The summed E-state index contributed by atoms with van der Waals surface area (Å²) in [5.74, 6) is -2.79. The summed E-state index contributed by atoms with van der Waals surface area (Å²) < 4.78 is 31.4. The second kappa shape index (κ2) is 4.89. The van der Waals surface area contributed by atoms with Crippen molar-refractivity contribution in [2.24, 2.45) is 0 Å². The number of phenols is 1. The highest BCUT2D eigenvalue weighted by Crippen LogP contribution is 2.34. The van der Waals surface area contributed by atoms with E-state index in [0.29, 0.717) is 12.1 Å². The van der Waals surface area contributed by atoms with E-state index >= 15 is 0 Å². The number of rotatable bonds is 3. The third kappa shape index (κ3) is 2.76. The highest BCUT2D eigenvalue weighted by molar-refractivity contribution is 5.50. The SMILES string of the molecule is O=[N+]([O-])c1c(F)cc(F)cc1Oc1ccc(O)cc1. The van der Waals surface area contributed by atoms with Crippen molar-refractivity contribution in [3.05, 3.63) is 58.1 Å². The number of nitrogens with zero attached hydrogens (tertiary/aromatic N) is 1. The summed E-state index contributed by atoms with van der Waals surface area (Å²) in [5.41, 5.74) is -0.950. The summed E-state index contributed by atoms with van der Waals surface area (Å²) in [6.45, 7) is 0. The summed E-state index contributed by atoms with van der Waals surface area (Å²) >= 11 is 0. The summed E-state index contributed by atoms with van der Waals surface area (Å²) in [7, 11) is 0. The van der Waals surface area contributed by atoms with Crippen LogP contribution in [0.25, 0.3) is 0 Å². The maximum atomic E-state index is 13.3. The van der Waals surface area contributed by atoms with Crippen LogP contribution in [0.3, 0.4) is 0 Å². The van der Waals surface area contributed by atoms with Crippen LogP contribution in [0.2, 0.25) is 0 Å². The Morgan fingerprint density at radius 2 is 1.79 bits per heavy atom. The van der Waals surface area contributed by atoms with Crippen molar-refractivity contribution in [1.29, 1.82) is 0 Å². The maximum absolute atomic E-state index is 13.3. The molecule has 2 aromatic carbocycles. The van der Waals surface area contributed by atoms with E-state index in [0.717, 1.165) is 0 Å². The van der Waals surface area contributed by atoms with Gasteiger partial charge in [0.2, 0.25) is 11.6 Å². The summed E-state index contributed by atoms with van der Waals surface area (Å²) in [6, 6.07) is 6.28. The Morgan fingerprint density at radius 1 is 1.16 bits per heavy atom. The second-order valence-electron chi connectivity index (χ2n) is 3.59. The minimum absolute atomic E-state index is 0.0349. The van der Waals surface area contributed by atoms with Crippen LogP contribution in [-0.4, -0.2) is 10.0 Å². The number of phenolic OH excluding ortho intramolecular Hbond substituents is 1. The number of benzene rings is 2. The number of hydrogen-bond acceptors (Lipinski definition) is 4. The molecule has 0 radical (unpaired) electrons. The standard InChI is InChI=1S/C12H7F2NO4/c13-7-5-10(14)12(15(17)18)11(6-7)19-9-3-1-8(16)2-4-9/h1-6,16H. The predicted molar refractivity (Wildman–Crippen MR) is 61.2 cm³/mol. The van der Waals surface area contributed by atoms with Crippen LogP contribution in [-0.2, 0) is 0 Å². The first-order valence-corrected chi connectivity index (χ1v) is 5.07. The van der Waals surface area contributed by atoms with Gasteiger partial charge in [-0.2, -0.15) is 4.39 Å². The number of nitro benzene ring substituents is 1. The molecule has 0 unspecified atom stereocenters. The first kappa shape index (κ1) is 12.7. The highest BCUT2D eigenvalue weighted by Gasteiger charge is 2.23. The average Bonchev–Trinajstić information content (AvgIpc) is 2.30. The second-order valence-corrected chi connectivity index (χ2v) is 3.59. The molecular formula is C12H7F2NO4. The maximum Gasteiger partial charge on any atom is 0.347 e. The fraction of sp³-hybridized carbons (Fsp3) is 0. The van der Waals surface area contributed by atoms with Crippen LogP contribution in [0.4, 0.5) is 14.5 Å². The first-order valence-electron chi connectivity index (χ1n) is 5.07. The Morgan fingerprint density at radius 3 is 2.37 bits per heavy atom. The lowest BCUT2D eigenvalue weighted by molar-refractivity contribution is -0.388. The van der Waals surface area contributed by atoms with E-state index < -0.39 is 28.0 Å². The molecule has 0 bridgehead atoms. The van der Waals surface area contributed by atoms with Crippen molar-refractivity contribution in [1.82, 2.24) is 0 Å². The van der Waals surface area contributed by atoms with E-state index in [4.69, 9.17) is 9.84 Å². The van der Waals surface area contributed by atoms with Gasteiger partial charge in [0.15, 0.2) is 0 Å². The topological polar surface area (TPSA) is 72.6 Å². The van der Waals surface area contributed by atoms with Crippen molar-refractivity contribution in [3.8, 4) is 17.2 Å². The van der Waals surface area contributed by atoms with Crippen LogP contribution in [0, 0.1) is 21.7 Å². The van der Waals surface area contributed by atoms with Gasteiger partial charge < -0.3 is 9.84 Å². The summed E-state index contributed by atoms with van der Waals surface area (Å²) in [4.78, 5) is 9.73. The molecule has 0 aliphatic heterocycles. The van der Waals surface area contributed by atoms with Crippen LogP contribution < -0.4 is 4.74 Å². The molecule has 0 fully saturated rings. The molecule has 0 aromatic heterocycles. The van der Waals surface area contributed by atoms with Gasteiger partial charge in [0.1, 0.15) is 17.3 Å². The molecule has 0 aliphatic carbocycles. The van der Waals surface area contributed by atoms with Crippen molar-refractivity contribution in [2.45, 2.75) is 0 Å². The Kier molecular flexibility index (Phi) is 3.28. The van der Waals surface area contributed by atoms with Crippen molar-refractivity contribution >= 4 is 5.69 Å². The van der Waals surface area contributed by atoms with E-state index in [1.807, 2.05) is 0 Å². The molecule has 98 valence electrons. The fourth-order valence-corrected chi connectivity index (χ4v) is 1.44. The molecule has 2 aromatic rings. The molecule has 0 saturated carbocycles. The Bertz CT molecular complexity index is 628. The van der Waals surface area contributed by atoms with Crippen molar-refractivity contribution in [3.63, 3.8) is 0 Å². The van der Waals surface area contributed by atoms with E-state index in [-0.39, 0.29) is 11.5 Å². The van der Waals surface area contributed by atoms with Crippen molar-refractivity contribution < 1.29 is 23.5 Å². The molecule has 1 N–H and O–H groups in total. The fourth-order valence-electron chi connectivity index (χ4n) is 1.44. The lowest BCUT2D eigenvalue weighted by Gasteiger charge is -2.07. The van der Waals surface area contributed by atoms with Gasteiger partial charge in [-0.1, -0.05) is 0 Å². The molecular weight excluding hydrogens is 260 g/mol. The van der Waals surface area contributed by atoms with E-state index in [1.165, 1.54) is 24.3 Å². The van der Waals surface area contributed by atoms with Gasteiger partial charge in [0, 0.05) is 12.1 Å². The molecule has 5 nitrogen and oxygen atoms in total. The van der Waals surface area contributed by atoms with Crippen LogP contribution in [0.1, 0.15) is 0 Å². The number of hydrogen-bond donors (Lipinski definition) is 1.